The number of aryl methyl sites for hydroxylation is 2. The van der Waals surface area contributed by atoms with Gasteiger partial charge < -0.3 is 9.47 Å². The van der Waals surface area contributed by atoms with E-state index >= 15 is 0 Å². The summed E-state index contributed by atoms with van der Waals surface area (Å²) in [6, 6.07) is 0. The van der Waals surface area contributed by atoms with Crippen molar-refractivity contribution in [3.8, 4) is 11.5 Å². The molecule has 6 nitrogen and oxygen atoms in total. The number of imidazole rings is 1. The lowest BCUT2D eigenvalue weighted by molar-refractivity contribution is -0.136. The second kappa shape index (κ2) is 7.05. The average molecular weight is 382 g/mol. The van der Waals surface area contributed by atoms with Crippen LogP contribution in [-0.2, 0) is 30.8 Å². The summed E-state index contributed by atoms with van der Waals surface area (Å²) < 4.78 is 4.48. The molecule has 0 aromatic carbocycles. The molecule has 5 rings (SSSR count). The highest BCUT2D eigenvalue weighted by molar-refractivity contribution is 5.79. The van der Waals surface area contributed by atoms with E-state index in [0.29, 0.717) is 12.5 Å². The van der Waals surface area contributed by atoms with Crippen LogP contribution in [0.4, 0.5) is 0 Å². The van der Waals surface area contributed by atoms with Crippen LogP contribution in [0, 0.1) is 18.8 Å². The van der Waals surface area contributed by atoms with Crippen molar-refractivity contribution in [3.05, 3.63) is 23.1 Å². The van der Waals surface area contributed by atoms with E-state index in [-0.39, 0.29) is 5.92 Å². The zero-order chi connectivity index (χ0) is 19.3. The average Bonchev–Trinajstić information content (AvgIpc) is 3.08. The van der Waals surface area contributed by atoms with Gasteiger partial charge in [-0.2, -0.15) is 5.10 Å². The lowest BCUT2D eigenvalue weighted by atomic mass is 10.0. The molecule has 2 aliphatic carbocycles. The van der Waals surface area contributed by atoms with Crippen LogP contribution in [0.25, 0.3) is 11.5 Å². The maximum Gasteiger partial charge on any atom is 0.225 e. The first-order chi connectivity index (χ1) is 13.7. The van der Waals surface area contributed by atoms with Crippen LogP contribution >= 0.6 is 0 Å². The lowest BCUT2D eigenvalue weighted by Crippen LogP contribution is -2.39. The molecule has 0 N–H and O–H groups in total. The molecule has 0 unspecified atom stereocenters. The van der Waals surface area contributed by atoms with Gasteiger partial charge in [-0.3, -0.25) is 9.48 Å². The highest BCUT2D eigenvalue weighted by Gasteiger charge is 2.33. The van der Waals surface area contributed by atoms with E-state index in [1.165, 1.54) is 42.6 Å². The second-order valence-corrected chi connectivity index (χ2v) is 8.86. The summed E-state index contributed by atoms with van der Waals surface area (Å²) in [6.45, 7) is 7.70. The molecule has 28 heavy (non-hydrogen) atoms. The number of carbonyl (C=O) groups is 1. The first kappa shape index (κ1) is 18.0. The van der Waals surface area contributed by atoms with E-state index in [2.05, 4.69) is 28.0 Å². The number of hydrogen-bond acceptors (Lipinski definition) is 3. The number of rotatable bonds is 5. The summed E-state index contributed by atoms with van der Waals surface area (Å²) in [7, 11) is 0. The number of nitrogens with zero attached hydrogens (tertiary/aromatic N) is 5. The Morgan fingerprint density at radius 2 is 2.00 bits per heavy atom. The van der Waals surface area contributed by atoms with Crippen LogP contribution in [0.3, 0.4) is 0 Å². The summed E-state index contributed by atoms with van der Waals surface area (Å²) in [5.41, 5.74) is 4.72. The summed E-state index contributed by atoms with van der Waals surface area (Å²) in [5.74, 6) is 2.38. The zero-order valence-corrected chi connectivity index (χ0v) is 17.2. The third kappa shape index (κ3) is 3.07. The van der Waals surface area contributed by atoms with Crippen LogP contribution in [0.15, 0.2) is 6.20 Å². The van der Waals surface area contributed by atoms with E-state index < -0.39 is 0 Å². The number of hydrogen-bond donors (Lipinski definition) is 0. The highest BCUT2D eigenvalue weighted by atomic mass is 16.2. The molecule has 0 bridgehead atoms. The van der Waals surface area contributed by atoms with Crippen molar-refractivity contribution in [1.29, 1.82) is 0 Å². The number of fused-ring (bicyclic) bond motifs is 1. The zero-order valence-electron chi connectivity index (χ0n) is 17.2. The van der Waals surface area contributed by atoms with Gasteiger partial charge in [0.25, 0.3) is 0 Å². The normalized spacial score (nSPS) is 20.0. The van der Waals surface area contributed by atoms with Crippen molar-refractivity contribution in [2.75, 3.05) is 6.54 Å². The fraction of sp³-hybridized carbons (Fsp3) is 0.682. The molecule has 1 aliphatic heterocycles. The lowest BCUT2D eigenvalue weighted by Gasteiger charge is -2.30. The summed E-state index contributed by atoms with van der Waals surface area (Å²) in [5, 5.41) is 4.97. The Morgan fingerprint density at radius 3 is 2.71 bits per heavy atom. The van der Waals surface area contributed by atoms with Gasteiger partial charge in [0.1, 0.15) is 5.69 Å². The van der Waals surface area contributed by atoms with E-state index in [9.17, 15) is 4.79 Å². The minimum Gasteiger partial charge on any atom is -0.338 e. The van der Waals surface area contributed by atoms with Gasteiger partial charge in [-0.05, 0) is 45.4 Å². The molecule has 150 valence electrons. The minimum atomic E-state index is 0.241. The van der Waals surface area contributed by atoms with E-state index in [1.807, 2.05) is 6.20 Å². The van der Waals surface area contributed by atoms with Crippen LogP contribution in [0.2, 0.25) is 0 Å². The van der Waals surface area contributed by atoms with Crippen LogP contribution in [0.5, 0.6) is 0 Å². The molecule has 0 radical (unpaired) electrons. The molecule has 3 heterocycles. The Labute approximate surface area is 166 Å². The summed E-state index contributed by atoms with van der Waals surface area (Å²) >= 11 is 0. The number of amides is 1. The van der Waals surface area contributed by atoms with E-state index in [0.717, 1.165) is 56.3 Å². The monoisotopic (exact) mass is 381 g/mol. The maximum atomic E-state index is 13.0. The van der Waals surface area contributed by atoms with Crippen molar-refractivity contribution in [2.24, 2.45) is 11.8 Å². The SMILES string of the molecule is CCn1nc(-c2ncc(C)n2CC2CC2)c2c1CCN(C(=O)C1CCCC1)C2. The Kier molecular flexibility index (Phi) is 4.52. The third-order valence-corrected chi connectivity index (χ3v) is 6.85. The third-order valence-electron chi connectivity index (χ3n) is 6.85. The van der Waals surface area contributed by atoms with Gasteiger partial charge >= 0.3 is 0 Å². The van der Waals surface area contributed by atoms with Crippen molar-refractivity contribution in [3.63, 3.8) is 0 Å². The fourth-order valence-corrected chi connectivity index (χ4v) is 4.99. The molecule has 2 aromatic heterocycles. The van der Waals surface area contributed by atoms with E-state index in [1.54, 1.807) is 0 Å². The van der Waals surface area contributed by atoms with Gasteiger partial charge in [0.05, 0.1) is 0 Å². The highest BCUT2D eigenvalue weighted by Crippen LogP contribution is 2.36. The minimum absolute atomic E-state index is 0.241. The predicted octanol–water partition coefficient (Wildman–Crippen LogP) is 3.56. The Balaban J connectivity index is 1.49. The number of aromatic nitrogens is 4. The molecule has 2 aromatic rings. The molecule has 6 heteroatoms. The van der Waals surface area contributed by atoms with Gasteiger partial charge in [0.2, 0.25) is 5.91 Å². The first-order valence-electron chi connectivity index (χ1n) is 11.1. The quantitative estimate of drug-likeness (QED) is 0.796. The largest absolute Gasteiger partial charge is 0.338 e. The van der Waals surface area contributed by atoms with Crippen molar-refractivity contribution in [1.82, 2.24) is 24.2 Å². The van der Waals surface area contributed by atoms with Crippen molar-refractivity contribution >= 4 is 5.91 Å². The van der Waals surface area contributed by atoms with Crippen LogP contribution < -0.4 is 0 Å². The Bertz CT molecular complexity index is 885. The van der Waals surface area contributed by atoms with Gasteiger partial charge in [-0.15, -0.1) is 0 Å². The Hall–Kier alpha value is -2.11. The fourth-order valence-electron chi connectivity index (χ4n) is 4.99. The molecule has 3 aliphatic rings. The van der Waals surface area contributed by atoms with Crippen molar-refractivity contribution in [2.45, 2.75) is 78.4 Å². The van der Waals surface area contributed by atoms with Gasteiger partial charge in [0, 0.05) is 61.7 Å². The first-order valence-corrected chi connectivity index (χ1v) is 11.1. The molecule has 2 fully saturated rings. The van der Waals surface area contributed by atoms with Gasteiger partial charge in [0.15, 0.2) is 5.82 Å². The smallest absolute Gasteiger partial charge is 0.225 e. The Morgan fingerprint density at radius 1 is 1.21 bits per heavy atom. The van der Waals surface area contributed by atoms with Gasteiger partial charge in [-0.1, -0.05) is 12.8 Å². The molecule has 2 saturated carbocycles. The molecular weight excluding hydrogens is 350 g/mol. The van der Waals surface area contributed by atoms with Crippen LogP contribution in [-0.4, -0.2) is 36.7 Å². The van der Waals surface area contributed by atoms with Crippen LogP contribution in [0.1, 0.15) is 62.4 Å². The molecule has 1 amide bonds. The topological polar surface area (TPSA) is 56.0 Å². The molecule has 0 spiro atoms. The standard InChI is InChI=1S/C22H31N5O/c1-3-27-19-10-11-25(22(28)17-6-4-5-7-17)14-18(19)20(24-27)21-23-12-15(2)26(21)13-16-8-9-16/h12,16-17H,3-11,13-14H2,1-2H3. The molecular formula is C22H31N5O. The number of carbonyl (C=O) groups excluding carboxylic acids is 1. The van der Waals surface area contributed by atoms with E-state index in [4.69, 9.17) is 10.1 Å². The maximum absolute atomic E-state index is 13.0. The molecule has 0 atom stereocenters. The summed E-state index contributed by atoms with van der Waals surface area (Å²) in [6.07, 6.45) is 10.0. The second-order valence-electron chi connectivity index (χ2n) is 8.86. The molecule has 0 saturated heterocycles. The predicted molar refractivity (Wildman–Crippen MR) is 108 cm³/mol. The van der Waals surface area contributed by atoms with Crippen molar-refractivity contribution < 1.29 is 4.79 Å². The van der Waals surface area contributed by atoms with Gasteiger partial charge in [-0.25, -0.2) is 4.98 Å². The summed E-state index contributed by atoms with van der Waals surface area (Å²) in [4.78, 5) is 19.9.